The van der Waals surface area contributed by atoms with E-state index in [-0.39, 0.29) is 12.1 Å². The van der Waals surface area contributed by atoms with E-state index in [1.54, 1.807) is 14.2 Å². The molecular weight excluding hydrogens is 312 g/mol. The number of nitrogens with zero attached hydrogens (tertiary/aromatic N) is 2. The number of methoxy groups -OCH3 is 2. The number of hydrogen-bond donors (Lipinski definition) is 0. The third kappa shape index (κ3) is 3.17. The lowest BCUT2D eigenvalue weighted by molar-refractivity contribution is 0.354. The van der Waals surface area contributed by atoms with Crippen LogP contribution in [0.1, 0.15) is 29.7 Å². The van der Waals surface area contributed by atoms with E-state index in [1.807, 2.05) is 36.4 Å². The minimum atomic E-state index is -0.160. The summed E-state index contributed by atoms with van der Waals surface area (Å²) in [5, 5.41) is 9.71. The third-order valence-electron chi connectivity index (χ3n) is 4.02. The first-order chi connectivity index (χ1) is 11.1. The lowest BCUT2D eigenvalue weighted by atomic mass is 9.92. The van der Waals surface area contributed by atoms with Gasteiger partial charge in [0.1, 0.15) is 6.04 Å². The number of hydrogen-bond acceptors (Lipinski definition) is 4. The second-order valence-corrected chi connectivity index (χ2v) is 6.08. The van der Waals surface area contributed by atoms with Crippen molar-refractivity contribution in [3.8, 4) is 11.5 Å². The molecule has 1 heterocycles. The average Bonchev–Trinajstić information content (AvgIpc) is 2.72. The Morgan fingerprint density at radius 1 is 1.00 bits per heavy atom. The van der Waals surface area contributed by atoms with Gasteiger partial charge in [-0.15, -0.1) is 0 Å². The predicted molar refractivity (Wildman–Crippen MR) is 90.9 cm³/mol. The normalized spacial score (nSPS) is 19.8. The highest BCUT2D eigenvalue weighted by Crippen LogP contribution is 2.39. The Hall–Kier alpha value is -2.07. The number of rotatable bonds is 3. The maximum absolute atomic E-state index is 6.00. The van der Waals surface area contributed by atoms with Crippen molar-refractivity contribution >= 4 is 11.6 Å². The zero-order chi connectivity index (χ0) is 16.4. The van der Waals surface area contributed by atoms with Crippen molar-refractivity contribution in [1.29, 1.82) is 0 Å². The number of azo groups is 1. The molecule has 0 amide bonds. The summed E-state index contributed by atoms with van der Waals surface area (Å²) in [4.78, 5) is 0. The fourth-order valence-corrected chi connectivity index (χ4v) is 2.99. The zero-order valence-corrected chi connectivity index (χ0v) is 14.2. The molecule has 0 spiro atoms. The molecule has 4 nitrogen and oxygen atoms in total. The Bertz CT molecular complexity index is 729. The van der Waals surface area contributed by atoms with Crippen molar-refractivity contribution in [2.24, 2.45) is 10.2 Å². The largest absolute Gasteiger partial charge is 0.493 e. The van der Waals surface area contributed by atoms with Crippen molar-refractivity contribution < 1.29 is 9.47 Å². The molecule has 0 radical (unpaired) electrons. The highest BCUT2D eigenvalue weighted by Gasteiger charge is 2.24. The van der Waals surface area contributed by atoms with Crippen LogP contribution in [-0.2, 0) is 6.42 Å². The van der Waals surface area contributed by atoms with Crippen molar-refractivity contribution in [2.75, 3.05) is 14.2 Å². The molecule has 0 aliphatic carbocycles. The minimum absolute atomic E-state index is 0.129. The van der Waals surface area contributed by atoms with E-state index in [1.165, 1.54) is 5.56 Å². The molecule has 1 aliphatic rings. The summed E-state index contributed by atoms with van der Waals surface area (Å²) < 4.78 is 10.9. The Kier molecular flexibility index (Phi) is 4.53. The van der Waals surface area contributed by atoms with Crippen LogP contribution in [0.3, 0.4) is 0 Å². The number of benzene rings is 2. The minimum Gasteiger partial charge on any atom is -0.493 e. The molecule has 0 fully saturated rings. The molecule has 0 N–H and O–H groups in total. The Balaban J connectivity index is 2.15. The fraction of sp³-hybridized carbons (Fsp3) is 0.333. The maximum atomic E-state index is 6.00. The standard InChI is InChI=1S/C18H19ClN2O2/c1-11-8-13-9-16(22-2)17(23-3)10-15(13)18(21-20-11)12-4-6-14(19)7-5-12/h4-7,9-11,18H,8H2,1-3H3/t11-,18?/m1/s1. The topological polar surface area (TPSA) is 43.2 Å². The van der Waals surface area contributed by atoms with Gasteiger partial charge in [0.15, 0.2) is 11.5 Å². The first-order valence-corrected chi connectivity index (χ1v) is 7.90. The van der Waals surface area contributed by atoms with Gasteiger partial charge < -0.3 is 9.47 Å². The number of fused-ring (bicyclic) bond motifs is 1. The molecule has 0 saturated heterocycles. The van der Waals surface area contributed by atoms with Gasteiger partial charge in [0.05, 0.1) is 20.3 Å². The maximum Gasteiger partial charge on any atom is 0.161 e. The highest BCUT2D eigenvalue weighted by atomic mass is 35.5. The fourth-order valence-electron chi connectivity index (χ4n) is 2.86. The molecule has 0 bridgehead atoms. The third-order valence-corrected chi connectivity index (χ3v) is 4.27. The summed E-state index contributed by atoms with van der Waals surface area (Å²) in [6.45, 7) is 2.06. The van der Waals surface area contributed by atoms with Crippen LogP contribution in [0.15, 0.2) is 46.6 Å². The average molecular weight is 331 g/mol. The van der Waals surface area contributed by atoms with Crippen molar-refractivity contribution in [2.45, 2.75) is 25.4 Å². The van der Waals surface area contributed by atoms with E-state index in [2.05, 4.69) is 17.2 Å². The molecule has 2 atom stereocenters. The van der Waals surface area contributed by atoms with E-state index >= 15 is 0 Å². The van der Waals surface area contributed by atoms with Crippen LogP contribution in [0.25, 0.3) is 0 Å². The van der Waals surface area contributed by atoms with Crippen LogP contribution >= 0.6 is 11.6 Å². The van der Waals surface area contributed by atoms with Crippen molar-refractivity contribution in [3.05, 3.63) is 58.1 Å². The second-order valence-electron chi connectivity index (χ2n) is 5.64. The summed E-state index contributed by atoms with van der Waals surface area (Å²) in [6, 6.07) is 11.7. The lowest BCUT2D eigenvalue weighted by Crippen LogP contribution is -2.05. The van der Waals surface area contributed by atoms with Crippen molar-refractivity contribution in [1.82, 2.24) is 0 Å². The molecule has 1 aliphatic heterocycles. The van der Waals surface area contributed by atoms with Crippen LogP contribution in [0.5, 0.6) is 11.5 Å². The Morgan fingerprint density at radius 3 is 2.30 bits per heavy atom. The molecule has 5 heteroatoms. The van der Waals surface area contributed by atoms with Crippen LogP contribution in [0.2, 0.25) is 5.02 Å². The summed E-state index contributed by atoms with van der Waals surface area (Å²) in [5.41, 5.74) is 3.33. The van der Waals surface area contributed by atoms with Gasteiger partial charge in [-0.25, -0.2) is 0 Å². The number of ether oxygens (including phenoxy) is 2. The molecule has 120 valence electrons. The van der Waals surface area contributed by atoms with Crippen molar-refractivity contribution in [3.63, 3.8) is 0 Å². The molecule has 2 aromatic carbocycles. The SMILES string of the molecule is COc1cc2c(cc1OC)C(c1ccc(Cl)cc1)N=N[C@H](C)C2. The molecule has 2 aromatic rings. The first kappa shape index (κ1) is 15.8. The molecule has 3 rings (SSSR count). The molecule has 1 unspecified atom stereocenters. The highest BCUT2D eigenvalue weighted by molar-refractivity contribution is 6.30. The summed E-state index contributed by atoms with van der Waals surface area (Å²) in [5.74, 6) is 1.44. The van der Waals surface area contributed by atoms with Gasteiger partial charge in [0.25, 0.3) is 0 Å². The molecule has 23 heavy (non-hydrogen) atoms. The lowest BCUT2D eigenvalue weighted by Gasteiger charge is -2.18. The Labute approximate surface area is 141 Å². The predicted octanol–water partition coefficient (Wildman–Crippen LogP) is 4.84. The zero-order valence-electron chi connectivity index (χ0n) is 13.4. The van der Waals surface area contributed by atoms with E-state index in [9.17, 15) is 0 Å². The van der Waals surface area contributed by atoms with Gasteiger partial charge in [0.2, 0.25) is 0 Å². The molecular formula is C18H19ClN2O2. The van der Waals surface area contributed by atoms with Crippen LogP contribution < -0.4 is 9.47 Å². The Morgan fingerprint density at radius 2 is 1.65 bits per heavy atom. The van der Waals surface area contributed by atoms with E-state index in [0.717, 1.165) is 23.3 Å². The number of halogens is 1. The van der Waals surface area contributed by atoms with Gasteiger partial charge in [-0.3, -0.25) is 0 Å². The second kappa shape index (κ2) is 6.59. The monoisotopic (exact) mass is 330 g/mol. The quantitative estimate of drug-likeness (QED) is 0.807. The van der Waals surface area contributed by atoms with Crippen LogP contribution in [0, 0.1) is 0 Å². The van der Waals surface area contributed by atoms with Crippen LogP contribution in [0.4, 0.5) is 0 Å². The summed E-state index contributed by atoms with van der Waals surface area (Å²) in [6.07, 6.45) is 0.823. The van der Waals surface area contributed by atoms with Gasteiger partial charge in [-0.1, -0.05) is 23.7 Å². The smallest absolute Gasteiger partial charge is 0.161 e. The van der Waals surface area contributed by atoms with Gasteiger partial charge in [-0.05, 0) is 54.3 Å². The van der Waals surface area contributed by atoms with E-state index in [0.29, 0.717) is 10.8 Å². The van der Waals surface area contributed by atoms with Crippen LogP contribution in [-0.4, -0.2) is 20.3 Å². The van der Waals surface area contributed by atoms with Gasteiger partial charge in [0, 0.05) is 5.02 Å². The van der Waals surface area contributed by atoms with E-state index < -0.39 is 0 Å². The molecule has 0 saturated carbocycles. The summed E-state index contributed by atoms with van der Waals surface area (Å²) in [7, 11) is 3.29. The molecule has 0 aromatic heterocycles. The summed E-state index contributed by atoms with van der Waals surface area (Å²) >= 11 is 6.00. The first-order valence-electron chi connectivity index (χ1n) is 7.52. The van der Waals surface area contributed by atoms with Gasteiger partial charge >= 0.3 is 0 Å². The van der Waals surface area contributed by atoms with E-state index in [4.69, 9.17) is 21.1 Å². The van der Waals surface area contributed by atoms with Gasteiger partial charge in [-0.2, -0.15) is 10.2 Å².